The summed E-state index contributed by atoms with van der Waals surface area (Å²) in [4.78, 5) is 19.4. The van der Waals surface area contributed by atoms with Crippen LogP contribution in [0, 0.1) is 0 Å². The topological polar surface area (TPSA) is 42.4 Å². The average Bonchev–Trinajstić information content (AvgIpc) is 3.32. The number of aromatic nitrogens is 1. The molecular formula is C21H20N2O2S. The van der Waals surface area contributed by atoms with Gasteiger partial charge in [-0.2, -0.15) is 0 Å². The summed E-state index contributed by atoms with van der Waals surface area (Å²) in [6, 6.07) is 15.9. The third-order valence-electron chi connectivity index (χ3n) is 4.64. The van der Waals surface area contributed by atoms with Gasteiger partial charge in [0.15, 0.2) is 0 Å². The number of benzene rings is 2. The second kappa shape index (κ2) is 7.30. The Morgan fingerprint density at radius 2 is 2.15 bits per heavy atom. The molecule has 0 radical (unpaired) electrons. The van der Waals surface area contributed by atoms with E-state index in [9.17, 15) is 4.79 Å². The molecule has 0 spiro atoms. The average molecular weight is 364 g/mol. The second-order valence-corrected chi connectivity index (χ2v) is 7.38. The van der Waals surface area contributed by atoms with Crippen molar-refractivity contribution < 1.29 is 9.53 Å². The van der Waals surface area contributed by atoms with Gasteiger partial charge in [-0.05, 0) is 48.7 Å². The van der Waals surface area contributed by atoms with Gasteiger partial charge in [-0.1, -0.05) is 24.3 Å². The van der Waals surface area contributed by atoms with Crippen molar-refractivity contribution in [2.45, 2.75) is 18.9 Å². The highest BCUT2D eigenvalue weighted by Gasteiger charge is 2.31. The quantitative estimate of drug-likeness (QED) is 0.631. The van der Waals surface area contributed by atoms with E-state index >= 15 is 0 Å². The molecule has 1 aliphatic rings. The molecule has 0 bridgehead atoms. The molecule has 1 aliphatic heterocycles. The fourth-order valence-electron chi connectivity index (χ4n) is 3.33. The van der Waals surface area contributed by atoms with Gasteiger partial charge in [-0.15, -0.1) is 11.3 Å². The number of rotatable bonds is 4. The third-order valence-corrected chi connectivity index (χ3v) is 5.78. The maximum absolute atomic E-state index is 12.8. The molecule has 5 heteroatoms. The van der Waals surface area contributed by atoms with E-state index in [4.69, 9.17) is 9.72 Å². The Balaban J connectivity index is 1.53. The van der Waals surface area contributed by atoms with Crippen molar-refractivity contribution >= 4 is 33.5 Å². The van der Waals surface area contributed by atoms with E-state index in [1.807, 2.05) is 53.4 Å². The molecule has 1 fully saturated rings. The lowest BCUT2D eigenvalue weighted by Crippen LogP contribution is -2.28. The number of hydrogen-bond acceptors (Lipinski definition) is 4. The summed E-state index contributed by atoms with van der Waals surface area (Å²) in [5.41, 5.74) is 1.96. The lowest BCUT2D eigenvalue weighted by molar-refractivity contribution is -0.126. The Kier molecular flexibility index (Phi) is 4.71. The summed E-state index contributed by atoms with van der Waals surface area (Å²) in [5.74, 6) is 0.822. The monoisotopic (exact) mass is 364 g/mol. The summed E-state index contributed by atoms with van der Waals surface area (Å²) < 4.78 is 6.40. The van der Waals surface area contributed by atoms with Crippen molar-refractivity contribution in [1.82, 2.24) is 9.88 Å². The smallest absolute Gasteiger partial charge is 0.247 e. The molecule has 0 aliphatic carbocycles. The van der Waals surface area contributed by atoms with Gasteiger partial charge in [0.2, 0.25) is 5.91 Å². The predicted molar refractivity (Wildman–Crippen MR) is 105 cm³/mol. The van der Waals surface area contributed by atoms with E-state index < -0.39 is 0 Å². The zero-order chi connectivity index (χ0) is 17.9. The summed E-state index contributed by atoms with van der Waals surface area (Å²) in [6.07, 6.45) is 5.48. The number of likely N-dealkylation sites (tertiary alicyclic amines) is 1. The first-order chi connectivity index (χ1) is 12.7. The van der Waals surface area contributed by atoms with Crippen LogP contribution in [0.4, 0.5) is 0 Å². The zero-order valence-electron chi connectivity index (χ0n) is 14.6. The highest BCUT2D eigenvalue weighted by atomic mass is 32.1. The van der Waals surface area contributed by atoms with Crippen molar-refractivity contribution in [3.05, 3.63) is 65.2 Å². The lowest BCUT2D eigenvalue weighted by Gasteiger charge is -2.21. The van der Waals surface area contributed by atoms with Gasteiger partial charge < -0.3 is 9.64 Å². The van der Waals surface area contributed by atoms with Gasteiger partial charge in [0.1, 0.15) is 10.8 Å². The van der Waals surface area contributed by atoms with Gasteiger partial charge in [-0.25, -0.2) is 4.98 Å². The van der Waals surface area contributed by atoms with E-state index in [1.54, 1.807) is 24.5 Å². The van der Waals surface area contributed by atoms with Crippen LogP contribution >= 0.6 is 11.3 Å². The van der Waals surface area contributed by atoms with Crippen LogP contribution < -0.4 is 4.74 Å². The summed E-state index contributed by atoms with van der Waals surface area (Å²) >= 11 is 1.69. The highest BCUT2D eigenvalue weighted by Crippen LogP contribution is 2.36. The Morgan fingerprint density at radius 1 is 1.27 bits per heavy atom. The molecule has 1 saturated heterocycles. The van der Waals surface area contributed by atoms with Crippen LogP contribution in [0.15, 0.2) is 54.6 Å². The molecule has 0 N–H and O–H groups in total. The van der Waals surface area contributed by atoms with E-state index in [0.717, 1.165) is 41.2 Å². The highest BCUT2D eigenvalue weighted by molar-refractivity contribution is 7.18. The van der Waals surface area contributed by atoms with Crippen molar-refractivity contribution in [1.29, 1.82) is 0 Å². The minimum absolute atomic E-state index is 0.0366. The van der Waals surface area contributed by atoms with Gasteiger partial charge >= 0.3 is 0 Å². The molecule has 1 aromatic heterocycles. The second-order valence-electron chi connectivity index (χ2n) is 6.32. The fraction of sp³-hybridized carbons (Fsp3) is 0.238. The fourth-order valence-corrected chi connectivity index (χ4v) is 4.44. The molecule has 4 nitrogen and oxygen atoms in total. The van der Waals surface area contributed by atoms with Gasteiger partial charge in [0.05, 0.1) is 23.4 Å². The standard InChI is InChI=1S/C21H20N2O2S/c1-25-16-7-4-6-15(14-16)11-12-20(24)23-13-5-9-18(23)21-22-17-8-2-3-10-19(17)26-21/h2-4,6-8,10-12,14,18H,5,9,13H2,1H3/b12-11+/t18-/m0/s1. The number of para-hydroxylation sites is 1. The van der Waals surface area contributed by atoms with E-state index in [1.165, 1.54) is 4.70 Å². The van der Waals surface area contributed by atoms with Crippen LogP contribution in [0.1, 0.15) is 29.5 Å². The number of amides is 1. The number of hydrogen-bond donors (Lipinski definition) is 0. The third kappa shape index (κ3) is 3.35. The summed E-state index contributed by atoms with van der Waals surface area (Å²) in [6.45, 7) is 0.780. The lowest BCUT2D eigenvalue weighted by atomic mass is 10.2. The van der Waals surface area contributed by atoms with Crippen LogP contribution in [-0.4, -0.2) is 29.4 Å². The van der Waals surface area contributed by atoms with Crippen LogP contribution in [0.25, 0.3) is 16.3 Å². The Hall–Kier alpha value is -2.66. The van der Waals surface area contributed by atoms with Crippen molar-refractivity contribution in [3.8, 4) is 5.75 Å². The predicted octanol–water partition coefficient (Wildman–Crippen LogP) is 4.68. The number of thiazole rings is 1. The van der Waals surface area contributed by atoms with Crippen LogP contribution in [0.5, 0.6) is 5.75 Å². The maximum Gasteiger partial charge on any atom is 0.247 e. The Labute approximate surface area is 156 Å². The molecule has 2 heterocycles. The van der Waals surface area contributed by atoms with Crippen molar-refractivity contribution in [2.75, 3.05) is 13.7 Å². The van der Waals surface area contributed by atoms with E-state index in [-0.39, 0.29) is 11.9 Å². The maximum atomic E-state index is 12.8. The zero-order valence-corrected chi connectivity index (χ0v) is 15.4. The van der Waals surface area contributed by atoms with E-state index in [0.29, 0.717) is 0 Å². The van der Waals surface area contributed by atoms with E-state index in [2.05, 4.69) is 6.07 Å². The minimum Gasteiger partial charge on any atom is -0.497 e. The van der Waals surface area contributed by atoms with Gasteiger partial charge in [0.25, 0.3) is 0 Å². The molecular weight excluding hydrogens is 344 g/mol. The van der Waals surface area contributed by atoms with Crippen molar-refractivity contribution in [3.63, 3.8) is 0 Å². The molecule has 3 aromatic rings. The molecule has 0 unspecified atom stereocenters. The number of ether oxygens (including phenoxy) is 1. The first-order valence-corrected chi connectivity index (χ1v) is 9.54. The number of fused-ring (bicyclic) bond motifs is 1. The normalized spacial score (nSPS) is 17.3. The number of methoxy groups -OCH3 is 1. The molecule has 1 atom stereocenters. The first kappa shape index (κ1) is 16.8. The molecule has 4 rings (SSSR count). The molecule has 132 valence electrons. The minimum atomic E-state index is 0.0366. The molecule has 2 aromatic carbocycles. The van der Waals surface area contributed by atoms with Gasteiger partial charge in [0, 0.05) is 12.6 Å². The van der Waals surface area contributed by atoms with Crippen LogP contribution in [-0.2, 0) is 4.79 Å². The molecule has 0 saturated carbocycles. The van der Waals surface area contributed by atoms with Crippen molar-refractivity contribution in [2.24, 2.45) is 0 Å². The number of carbonyl (C=O) groups excluding carboxylic acids is 1. The van der Waals surface area contributed by atoms with Gasteiger partial charge in [-0.3, -0.25) is 4.79 Å². The van der Waals surface area contributed by atoms with Crippen LogP contribution in [0.2, 0.25) is 0 Å². The van der Waals surface area contributed by atoms with Crippen LogP contribution in [0.3, 0.4) is 0 Å². The summed E-state index contributed by atoms with van der Waals surface area (Å²) in [5, 5.41) is 1.03. The Bertz CT molecular complexity index is 930. The SMILES string of the molecule is COc1cccc(/C=C/C(=O)N2CCC[C@H]2c2nc3ccccc3s2)c1. The largest absolute Gasteiger partial charge is 0.497 e. The number of nitrogens with zero attached hydrogens (tertiary/aromatic N) is 2. The molecule has 26 heavy (non-hydrogen) atoms. The molecule has 1 amide bonds. The summed E-state index contributed by atoms with van der Waals surface area (Å²) in [7, 11) is 1.64. The Morgan fingerprint density at radius 3 is 3.00 bits per heavy atom. The first-order valence-electron chi connectivity index (χ1n) is 8.73. The number of carbonyl (C=O) groups is 1.